The van der Waals surface area contributed by atoms with Crippen molar-refractivity contribution in [2.45, 2.75) is 26.7 Å². The van der Waals surface area contributed by atoms with Gasteiger partial charge < -0.3 is 4.57 Å². The molecule has 1 aliphatic carbocycles. The minimum absolute atomic E-state index is 1.12. The van der Waals surface area contributed by atoms with E-state index in [0.29, 0.717) is 0 Å². The van der Waals surface area contributed by atoms with Gasteiger partial charge in [-0.25, -0.2) is 0 Å². The van der Waals surface area contributed by atoms with Crippen molar-refractivity contribution in [1.82, 2.24) is 4.57 Å². The molecule has 0 N–H and O–H groups in total. The van der Waals surface area contributed by atoms with Gasteiger partial charge in [-0.1, -0.05) is 46.3 Å². The zero-order chi connectivity index (χ0) is 15.3. The lowest BCUT2D eigenvalue weighted by atomic mass is 10.1. The minimum Gasteiger partial charge on any atom is -0.310 e. The van der Waals surface area contributed by atoms with E-state index in [2.05, 4.69) is 82.9 Å². The minimum atomic E-state index is 1.12. The van der Waals surface area contributed by atoms with E-state index < -0.39 is 0 Å². The first-order valence-electron chi connectivity index (χ1n) is 7.74. The van der Waals surface area contributed by atoms with Gasteiger partial charge in [-0.05, 0) is 56.0 Å². The predicted molar refractivity (Wildman–Crippen MR) is 97.9 cm³/mol. The number of halogens is 1. The first-order chi connectivity index (χ1) is 10.7. The molecule has 0 fully saturated rings. The Labute approximate surface area is 138 Å². The van der Waals surface area contributed by atoms with Gasteiger partial charge in [0.05, 0.1) is 5.52 Å². The normalized spacial score (nSPS) is 13.6. The number of aromatic nitrogens is 1. The monoisotopic (exact) mass is 351 g/mol. The van der Waals surface area contributed by atoms with Gasteiger partial charge >= 0.3 is 0 Å². The van der Waals surface area contributed by atoms with E-state index in [9.17, 15) is 0 Å². The van der Waals surface area contributed by atoms with Gasteiger partial charge in [-0.2, -0.15) is 0 Å². The highest BCUT2D eigenvalue weighted by molar-refractivity contribution is 9.10. The number of hydrogen-bond donors (Lipinski definition) is 0. The molecule has 0 atom stereocenters. The molecule has 22 heavy (non-hydrogen) atoms. The van der Waals surface area contributed by atoms with Crippen molar-refractivity contribution in [2.24, 2.45) is 0 Å². The van der Waals surface area contributed by atoms with Crippen LogP contribution in [0.4, 0.5) is 0 Å². The molecule has 0 spiro atoms. The second-order valence-corrected chi connectivity index (χ2v) is 6.82. The van der Waals surface area contributed by atoms with Crippen molar-refractivity contribution in [2.75, 3.05) is 0 Å². The first-order valence-corrected chi connectivity index (χ1v) is 8.53. The average Bonchev–Trinajstić information content (AvgIpc) is 2.87. The number of rotatable bonds is 1. The van der Waals surface area contributed by atoms with Gasteiger partial charge in [-0.15, -0.1) is 0 Å². The standard InChI is InChI=1S/C20H18BrN/c1-13-11-15(12-14(2)20(13)21)22-18-9-5-3-7-16(18)17-8-4-6-10-19(17)22/h3,5,7-12H,4,6H2,1-2H3. The van der Waals surface area contributed by atoms with E-state index in [4.69, 9.17) is 0 Å². The summed E-state index contributed by atoms with van der Waals surface area (Å²) in [6.45, 7) is 4.32. The van der Waals surface area contributed by atoms with Gasteiger partial charge in [0.15, 0.2) is 0 Å². The summed E-state index contributed by atoms with van der Waals surface area (Å²) >= 11 is 3.68. The lowest BCUT2D eigenvalue weighted by molar-refractivity contribution is 1.02. The van der Waals surface area contributed by atoms with Crippen LogP contribution < -0.4 is 10.6 Å². The summed E-state index contributed by atoms with van der Waals surface area (Å²) in [7, 11) is 0. The summed E-state index contributed by atoms with van der Waals surface area (Å²) in [6.07, 6.45) is 7.02. The molecule has 2 heteroatoms. The van der Waals surface area contributed by atoms with E-state index >= 15 is 0 Å². The molecular formula is C20H18BrN. The summed E-state index contributed by atoms with van der Waals surface area (Å²) in [5.74, 6) is 0. The van der Waals surface area contributed by atoms with Gasteiger partial charge in [0.25, 0.3) is 0 Å². The molecule has 0 radical (unpaired) electrons. The van der Waals surface area contributed by atoms with Gasteiger partial charge in [0.2, 0.25) is 0 Å². The van der Waals surface area contributed by atoms with Crippen LogP contribution in [-0.4, -0.2) is 4.57 Å². The summed E-state index contributed by atoms with van der Waals surface area (Å²) in [4.78, 5) is 0. The van der Waals surface area contributed by atoms with Crippen molar-refractivity contribution >= 4 is 39.0 Å². The molecule has 1 heterocycles. The quantitative estimate of drug-likeness (QED) is 0.613. The van der Waals surface area contributed by atoms with Crippen LogP contribution in [0.15, 0.2) is 40.9 Å². The first kappa shape index (κ1) is 13.8. The second-order valence-electron chi connectivity index (χ2n) is 6.03. The maximum Gasteiger partial charge on any atom is 0.0540 e. The number of hydrogen-bond acceptors (Lipinski definition) is 0. The highest BCUT2D eigenvalue weighted by Crippen LogP contribution is 2.25. The molecule has 0 unspecified atom stereocenters. The van der Waals surface area contributed by atoms with Crippen LogP contribution in [-0.2, 0) is 0 Å². The van der Waals surface area contributed by atoms with E-state index in [1.165, 1.54) is 42.8 Å². The highest BCUT2D eigenvalue weighted by atomic mass is 79.9. The Morgan fingerprint density at radius 3 is 2.41 bits per heavy atom. The molecule has 0 saturated heterocycles. The topological polar surface area (TPSA) is 4.93 Å². The Morgan fingerprint density at radius 2 is 1.64 bits per heavy atom. The Morgan fingerprint density at radius 1 is 0.955 bits per heavy atom. The zero-order valence-corrected chi connectivity index (χ0v) is 14.4. The molecule has 0 bridgehead atoms. The summed E-state index contributed by atoms with van der Waals surface area (Å²) in [5, 5.41) is 4.08. The third kappa shape index (κ3) is 1.98. The van der Waals surface area contributed by atoms with E-state index in [0.717, 1.165) is 12.8 Å². The Kier molecular flexibility index (Phi) is 3.23. The summed E-state index contributed by atoms with van der Waals surface area (Å²) in [6, 6.07) is 13.3. The Balaban J connectivity index is 2.17. The van der Waals surface area contributed by atoms with Gasteiger partial charge in [-0.3, -0.25) is 0 Å². The summed E-state index contributed by atoms with van der Waals surface area (Å²) in [5.41, 5.74) is 5.10. The van der Waals surface area contributed by atoms with Crippen LogP contribution in [0.2, 0.25) is 0 Å². The number of nitrogens with zero attached hydrogens (tertiary/aromatic N) is 1. The van der Waals surface area contributed by atoms with Crippen molar-refractivity contribution in [1.29, 1.82) is 0 Å². The SMILES string of the molecule is Cc1cc(-n2c3c(c4ccccc42)=CCCC=3)cc(C)c1Br. The maximum atomic E-state index is 3.68. The van der Waals surface area contributed by atoms with Gasteiger partial charge in [0.1, 0.15) is 0 Å². The predicted octanol–water partition coefficient (Wildman–Crippen LogP) is 4.36. The fourth-order valence-corrected chi connectivity index (χ4v) is 3.71. The summed E-state index contributed by atoms with van der Waals surface area (Å²) < 4.78 is 3.62. The lowest BCUT2D eigenvalue weighted by Gasteiger charge is -2.12. The molecule has 1 aliphatic rings. The zero-order valence-electron chi connectivity index (χ0n) is 12.9. The number of benzene rings is 2. The molecule has 1 nitrogen and oxygen atoms in total. The molecule has 110 valence electrons. The third-order valence-corrected chi connectivity index (χ3v) is 5.74. The fourth-order valence-electron chi connectivity index (χ4n) is 3.48. The second kappa shape index (κ2) is 5.13. The smallest absolute Gasteiger partial charge is 0.0540 e. The van der Waals surface area contributed by atoms with Crippen molar-refractivity contribution in [3.05, 3.63) is 62.6 Å². The molecule has 4 rings (SSSR count). The third-order valence-electron chi connectivity index (χ3n) is 4.48. The van der Waals surface area contributed by atoms with Crippen LogP contribution in [0.3, 0.4) is 0 Å². The highest BCUT2D eigenvalue weighted by Gasteiger charge is 2.12. The molecule has 2 aromatic carbocycles. The van der Waals surface area contributed by atoms with E-state index in [1.54, 1.807) is 0 Å². The number of aryl methyl sites for hydroxylation is 2. The molecule has 1 aromatic heterocycles. The van der Waals surface area contributed by atoms with Gasteiger partial charge in [0, 0.05) is 26.1 Å². The fraction of sp³-hybridized carbons (Fsp3) is 0.200. The van der Waals surface area contributed by atoms with Crippen molar-refractivity contribution in [3.63, 3.8) is 0 Å². The van der Waals surface area contributed by atoms with Crippen LogP contribution in [0.25, 0.3) is 28.7 Å². The van der Waals surface area contributed by atoms with Crippen molar-refractivity contribution < 1.29 is 0 Å². The van der Waals surface area contributed by atoms with Crippen LogP contribution >= 0.6 is 15.9 Å². The van der Waals surface area contributed by atoms with Crippen LogP contribution in [0.1, 0.15) is 24.0 Å². The number of fused-ring (bicyclic) bond motifs is 3. The van der Waals surface area contributed by atoms with Crippen LogP contribution in [0.5, 0.6) is 0 Å². The molecule has 0 saturated carbocycles. The molecule has 0 amide bonds. The Hall–Kier alpha value is -1.80. The Bertz CT molecular complexity index is 985. The van der Waals surface area contributed by atoms with Crippen LogP contribution in [0, 0.1) is 13.8 Å². The number of para-hydroxylation sites is 1. The average molecular weight is 352 g/mol. The molecule has 3 aromatic rings. The lowest BCUT2D eigenvalue weighted by Crippen LogP contribution is -2.30. The largest absolute Gasteiger partial charge is 0.310 e. The van der Waals surface area contributed by atoms with Crippen molar-refractivity contribution in [3.8, 4) is 5.69 Å². The molecular weight excluding hydrogens is 334 g/mol. The maximum absolute atomic E-state index is 3.68. The molecule has 0 aliphatic heterocycles. The van der Waals surface area contributed by atoms with E-state index in [1.807, 2.05) is 0 Å². The van der Waals surface area contributed by atoms with E-state index in [-0.39, 0.29) is 0 Å².